The number of hydrogen-bond acceptors (Lipinski definition) is 3. The maximum Gasteiger partial charge on any atom is 0.319 e. The molecule has 0 bridgehead atoms. The monoisotopic (exact) mass is 294 g/mol. The Bertz CT molecular complexity index is 483. The Hall–Kier alpha value is -2.08. The minimum atomic E-state index is -1.48. The Morgan fingerprint density at radius 3 is 2.38 bits per heavy atom. The van der Waals surface area contributed by atoms with Crippen LogP contribution in [0.4, 0.5) is 10.5 Å². The number of carbonyl (C=O) groups is 2. The van der Waals surface area contributed by atoms with Crippen LogP contribution in [0, 0.1) is 0 Å². The van der Waals surface area contributed by atoms with Gasteiger partial charge >= 0.3 is 12.0 Å². The van der Waals surface area contributed by atoms with Crippen LogP contribution >= 0.6 is 0 Å². The lowest BCUT2D eigenvalue weighted by atomic mass is 10.0. The highest BCUT2D eigenvalue weighted by atomic mass is 16.4. The topological polar surface area (TPSA) is 98.7 Å². The van der Waals surface area contributed by atoms with Gasteiger partial charge in [-0.15, -0.1) is 0 Å². The van der Waals surface area contributed by atoms with Crippen LogP contribution in [-0.2, 0) is 11.2 Å². The van der Waals surface area contributed by atoms with Gasteiger partial charge in [-0.3, -0.25) is 4.79 Å². The molecule has 21 heavy (non-hydrogen) atoms. The summed E-state index contributed by atoms with van der Waals surface area (Å²) in [5.41, 5.74) is 0.367. The highest BCUT2D eigenvalue weighted by molar-refractivity contribution is 5.89. The Morgan fingerprint density at radius 1 is 1.24 bits per heavy atom. The zero-order chi connectivity index (χ0) is 15.9. The lowest BCUT2D eigenvalue weighted by Crippen LogP contribution is -2.43. The number of carboxylic acids is 1. The van der Waals surface area contributed by atoms with Crippen molar-refractivity contribution in [3.05, 3.63) is 29.8 Å². The Kier molecular flexibility index (Phi) is 6.17. The summed E-state index contributed by atoms with van der Waals surface area (Å²) in [4.78, 5) is 22.2. The van der Waals surface area contributed by atoms with Gasteiger partial charge in [0, 0.05) is 12.2 Å². The van der Waals surface area contributed by atoms with Crippen molar-refractivity contribution >= 4 is 17.7 Å². The van der Waals surface area contributed by atoms with Crippen LogP contribution in [-0.4, -0.2) is 34.4 Å². The van der Waals surface area contributed by atoms with Crippen molar-refractivity contribution in [2.45, 2.75) is 38.7 Å². The standard InChI is InChI=1S/C15H22N2O4/c1-3-4-11-5-7-12(8-6-11)17-14(20)16-10-15(2,21)9-13(18)19/h5-8,21H,3-4,9-10H2,1-2H3,(H,18,19)(H2,16,17,20). The lowest BCUT2D eigenvalue weighted by Gasteiger charge is -2.21. The normalized spacial score (nSPS) is 13.3. The predicted molar refractivity (Wildman–Crippen MR) is 80.3 cm³/mol. The van der Waals surface area contributed by atoms with Gasteiger partial charge in [-0.05, 0) is 31.0 Å². The van der Waals surface area contributed by atoms with Crippen molar-refractivity contribution in [2.24, 2.45) is 0 Å². The molecule has 1 rings (SSSR count). The summed E-state index contributed by atoms with van der Waals surface area (Å²) in [5.74, 6) is -1.12. The first-order chi connectivity index (χ1) is 9.82. The van der Waals surface area contributed by atoms with E-state index in [1.165, 1.54) is 12.5 Å². The summed E-state index contributed by atoms with van der Waals surface area (Å²) in [6, 6.07) is 7.02. The largest absolute Gasteiger partial charge is 0.481 e. The number of benzene rings is 1. The highest BCUT2D eigenvalue weighted by Gasteiger charge is 2.24. The molecule has 1 aromatic carbocycles. The van der Waals surface area contributed by atoms with E-state index in [0.717, 1.165) is 12.8 Å². The average molecular weight is 294 g/mol. The summed E-state index contributed by atoms with van der Waals surface area (Å²) in [6.45, 7) is 3.32. The molecule has 0 radical (unpaired) electrons. The first-order valence-electron chi connectivity index (χ1n) is 6.90. The molecule has 2 amide bonds. The molecule has 1 atom stereocenters. The van der Waals surface area contributed by atoms with Crippen molar-refractivity contribution in [3.8, 4) is 0 Å². The number of urea groups is 1. The van der Waals surface area contributed by atoms with E-state index in [0.29, 0.717) is 5.69 Å². The third kappa shape index (κ3) is 6.76. The van der Waals surface area contributed by atoms with Gasteiger partial charge in [0.25, 0.3) is 0 Å². The zero-order valence-electron chi connectivity index (χ0n) is 12.3. The van der Waals surface area contributed by atoms with Crippen molar-refractivity contribution in [1.29, 1.82) is 0 Å². The molecule has 0 aromatic heterocycles. The predicted octanol–water partition coefficient (Wildman–Crippen LogP) is 1.99. The SMILES string of the molecule is CCCc1ccc(NC(=O)NCC(C)(O)CC(=O)O)cc1. The first kappa shape index (κ1) is 17.0. The maximum absolute atomic E-state index is 11.7. The van der Waals surface area contributed by atoms with E-state index >= 15 is 0 Å². The van der Waals surface area contributed by atoms with Gasteiger partial charge < -0.3 is 20.8 Å². The molecule has 0 fully saturated rings. The van der Waals surface area contributed by atoms with Crippen LogP contribution in [0.2, 0.25) is 0 Å². The van der Waals surface area contributed by atoms with Crippen molar-refractivity contribution in [3.63, 3.8) is 0 Å². The number of aliphatic carboxylic acids is 1. The molecule has 1 unspecified atom stereocenters. The molecule has 116 valence electrons. The second-order valence-corrected chi connectivity index (χ2v) is 5.32. The second-order valence-electron chi connectivity index (χ2n) is 5.32. The maximum atomic E-state index is 11.7. The molecule has 0 aliphatic carbocycles. The Morgan fingerprint density at radius 2 is 1.86 bits per heavy atom. The molecule has 6 nitrogen and oxygen atoms in total. The quantitative estimate of drug-likeness (QED) is 0.618. The van der Waals surface area contributed by atoms with Gasteiger partial charge in [0.15, 0.2) is 0 Å². The van der Waals surface area contributed by atoms with Crippen LogP contribution in [0.5, 0.6) is 0 Å². The molecule has 6 heteroatoms. The van der Waals surface area contributed by atoms with Crippen molar-refractivity contribution in [1.82, 2.24) is 5.32 Å². The zero-order valence-corrected chi connectivity index (χ0v) is 12.3. The van der Waals surface area contributed by atoms with Gasteiger partial charge in [-0.25, -0.2) is 4.79 Å². The van der Waals surface area contributed by atoms with Crippen molar-refractivity contribution in [2.75, 3.05) is 11.9 Å². The third-order valence-corrected chi connectivity index (χ3v) is 2.91. The molecule has 0 aliphatic rings. The van der Waals surface area contributed by atoms with Crippen LogP contribution in [0.3, 0.4) is 0 Å². The van der Waals surface area contributed by atoms with E-state index in [1.807, 2.05) is 12.1 Å². The Labute approximate surface area is 124 Å². The number of rotatable bonds is 7. The minimum absolute atomic E-state index is 0.140. The fourth-order valence-corrected chi connectivity index (χ4v) is 1.88. The number of carboxylic acid groups (broad SMARTS) is 1. The molecule has 0 aliphatic heterocycles. The molecule has 0 saturated carbocycles. The number of aryl methyl sites for hydroxylation is 1. The van der Waals surface area contributed by atoms with Crippen LogP contribution in [0.1, 0.15) is 32.3 Å². The van der Waals surface area contributed by atoms with Crippen molar-refractivity contribution < 1.29 is 19.8 Å². The average Bonchev–Trinajstić information content (AvgIpc) is 2.38. The number of carbonyl (C=O) groups excluding carboxylic acids is 1. The minimum Gasteiger partial charge on any atom is -0.481 e. The first-order valence-corrected chi connectivity index (χ1v) is 6.90. The summed E-state index contributed by atoms with van der Waals surface area (Å²) in [7, 11) is 0. The molecule has 4 N–H and O–H groups in total. The van der Waals surface area contributed by atoms with E-state index in [1.54, 1.807) is 12.1 Å². The van der Waals surface area contributed by atoms with E-state index in [2.05, 4.69) is 17.6 Å². The van der Waals surface area contributed by atoms with Crippen LogP contribution in [0.25, 0.3) is 0 Å². The number of amides is 2. The van der Waals surface area contributed by atoms with Crippen LogP contribution in [0.15, 0.2) is 24.3 Å². The smallest absolute Gasteiger partial charge is 0.319 e. The molecule has 1 aromatic rings. The molecule has 0 spiro atoms. The fraction of sp³-hybridized carbons (Fsp3) is 0.467. The Balaban J connectivity index is 2.44. The molecular formula is C15H22N2O4. The van der Waals surface area contributed by atoms with Gasteiger partial charge in [-0.2, -0.15) is 0 Å². The summed E-state index contributed by atoms with van der Waals surface area (Å²) in [6.07, 6.45) is 1.62. The van der Waals surface area contributed by atoms with E-state index in [9.17, 15) is 14.7 Å². The molecule has 0 heterocycles. The number of hydrogen-bond donors (Lipinski definition) is 4. The molecular weight excluding hydrogens is 272 g/mol. The van der Waals surface area contributed by atoms with Gasteiger partial charge in [0.05, 0.1) is 12.0 Å². The fourth-order valence-electron chi connectivity index (χ4n) is 1.88. The number of nitrogens with one attached hydrogen (secondary N) is 2. The van der Waals surface area contributed by atoms with E-state index in [4.69, 9.17) is 5.11 Å². The number of anilines is 1. The van der Waals surface area contributed by atoms with E-state index < -0.39 is 24.0 Å². The molecule has 0 saturated heterocycles. The summed E-state index contributed by atoms with van der Waals surface area (Å²) in [5, 5.41) is 23.5. The summed E-state index contributed by atoms with van der Waals surface area (Å²) >= 11 is 0. The lowest BCUT2D eigenvalue weighted by molar-refractivity contribution is -0.141. The number of aliphatic hydroxyl groups is 1. The van der Waals surface area contributed by atoms with Crippen LogP contribution < -0.4 is 10.6 Å². The summed E-state index contributed by atoms with van der Waals surface area (Å²) < 4.78 is 0. The second kappa shape index (κ2) is 7.64. The van der Waals surface area contributed by atoms with E-state index in [-0.39, 0.29) is 6.54 Å². The third-order valence-electron chi connectivity index (χ3n) is 2.91. The highest BCUT2D eigenvalue weighted by Crippen LogP contribution is 2.11. The van der Waals surface area contributed by atoms with Gasteiger partial charge in [0.1, 0.15) is 0 Å². The van der Waals surface area contributed by atoms with Gasteiger partial charge in [0.2, 0.25) is 0 Å². The van der Waals surface area contributed by atoms with Gasteiger partial charge in [-0.1, -0.05) is 25.5 Å².